The first-order chi connectivity index (χ1) is 10.6. The Bertz CT molecular complexity index is 499. The van der Waals surface area contributed by atoms with E-state index in [-0.39, 0.29) is 20.3 Å². The van der Waals surface area contributed by atoms with E-state index in [1.807, 2.05) is 0 Å². The molecule has 1 heterocycles. The Labute approximate surface area is 133 Å². The number of amides is 2. The molecule has 10 heteroatoms. The highest BCUT2D eigenvalue weighted by Crippen LogP contribution is 2.14. The predicted octanol–water partition coefficient (Wildman–Crippen LogP) is -1.17. The number of hydroxylamine groups is 2. The minimum atomic E-state index is -1.21. The zero-order valence-electron chi connectivity index (χ0n) is 13.3. The summed E-state index contributed by atoms with van der Waals surface area (Å²) in [6.07, 6.45) is 0.0247. The van der Waals surface area contributed by atoms with Gasteiger partial charge in [-0.25, -0.2) is 4.79 Å². The highest BCUT2D eigenvalue weighted by Gasteiger charge is 2.35. The number of carbonyl (C=O) groups excluding carboxylic acids is 5. The van der Waals surface area contributed by atoms with E-state index < -0.39 is 41.8 Å². The molecule has 0 aromatic heterocycles. The molecule has 1 atom stereocenters. The summed E-state index contributed by atoms with van der Waals surface area (Å²) in [7, 11) is -0.204. The Hall–Kier alpha value is -2.23. The molecule has 0 unspecified atom stereocenters. The molecule has 0 radical (unpaired) electrons. The van der Waals surface area contributed by atoms with Gasteiger partial charge < -0.3 is 19.6 Å². The van der Waals surface area contributed by atoms with Crippen molar-refractivity contribution in [3.63, 3.8) is 0 Å². The van der Waals surface area contributed by atoms with E-state index in [9.17, 15) is 24.0 Å². The van der Waals surface area contributed by atoms with E-state index in [2.05, 4.69) is 5.23 Å². The van der Waals surface area contributed by atoms with Crippen molar-refractivity contribution in [2.45, 2.75) is 51.7 Å². The van der Waals surface area contributed by atoms with Crippen molar-refractivity contribution in [3.8, 4) is 0 Å². The number of nitrogens with zero attached hydrogens (tertiary/aromatic N) is 1. The molecule has 1 rings (SSSR count). The highest BCUT2D eigenvalue weighted by atomic mass is 16.7. The lowest BCUT2D eigenvalue weighted by molar-refractivity contribution is -0.199. The number of ether oxygens (including phenoxy) is 1. The van der Waals surface area contributed by atoms with Crippen LogP contribution in [0.4, 0.5) is 0 Å². The molecule has 1 N–H and O–H groups in total. The topological polar surface area (TPSA) is 119 Å². The monoisotopic (exact) mass is 326 g/mol. The van der Waals surface area contributed by atoms with Gasteiger partial charge in [0.2, 0.25) is 0 Å². The molecular weight excluding hydrogens is 307 g/mol. The molecule has 126 valence electrons. The van der Waals surface area contributed by atoms with Crippen molar-refractivity contribution >= 4 is 37.4 Å². The number of esters is 1. The second-order valence-corrected chi connectivity index (χ2v) is 5.91. The molecule has 0 aromatic rings. The molecule has 9 nitrogen and oxygen atoms in total. The van der Waals surface area contributed by atoms with Gasteiger partial charge >= 0.3 is 11.9 Å². The Balaban J connectivity index is 2.70. The van der Waals surface area contributed by atoms with Crippen LogP contribution in [0.25, 0.3) is 0 Å². The summed E-state index contributed by atoms with van der Waals surface area (Å²) in [6, 6.07) is -1.21. The number of hydrogen-bond donors (Lipinski definition) is 1. The number of nitrogens with one attached hydrogen (secondary N) is 1. The van der Waals surface area contributed by atoms with Gasteiger partial charge in [-0.2, -0.15) is 0 Å². The summed E-state index contributed by atoms with van der Waals surface area (Å²) in [4.78, 5) is 61.9. The summed E-state index contributed by atoms with van der Waals surface area (Å²) in [5, 5.41) is 2.88. The second kappa shape index (κ2) is 7.86. The van der Waals surface area contributed by atoms with Crippen molar-refractivity contribution < 1.29 is 33.5 Å². The first-order valence-corrected chi connectivity index (χ1v) is 7.10. The van der Waals surface area contributed by atoms with Gasteiger partial charge in [0.1, 0.15) is 11.6 Å². The van der Waals surface area contributed by atoms with Gasteiger partial charge in [0.25, 0.3) is 19.2 Å². The van der Waals surface area contributed by atoms with Crippen molar-refractivity contribution in [2.75, 3.05) is 0 Å². The highest BCUT2D eigenvalue weighted by molar-refractivity contribution is 6.64. The normalized spacial score (nSPS) is 16.0. The van der Waals surface area contributed by atoms with Crippen LogP contribution in [0.5, 0.6) is 0 Å². The van der Waals surface area contributed by atoms with Gasteiger partial charge in [0, 0.05) is 12.8 Å². The smallest absolute Gasteiger partial charge is 0.349 e. The van der Waals surface area contributed by atoms with Crippen LogP contribution in [0.15, 0.2) is 0 Å². The van der Waals surface area contributed by atoms with Gasteiger partial charge in [0.15, 0.2) is 0 Å². The third kappa shape index (κ3) is 6.19. The van der Waals surface area contributed by atoms with Crippen LogP contribution in [-0.2, 0) is 33.5 Å². The maximum Gasteiger partial charge on any atom is 0.349 e. The van der Waals surface area contributed by atoms with E-state index in [0.717, 1.165) is 0 Å². The van der Waals surface area contributed by atoms with Crippen molar-refractivity contribution in [1.29, 1.82) is 0 Å². The van der Waals surface area contributed by atoms with Crippen LogP contribution >= 0.6 is 0 Å². The lowest BCUT2D eigenvalue weighted by atomic mass is 9.95. The van der Waals surface area contributed by atoms with Gasteiger partial charge in [-0.3, -0.25) is 14.4 Å². The van der Waals surface area contributed by atoms with Crippen LogP contribution in [0.3, 0.4) is 0 Å². The number of hydrogen-bond acceptors (Lipinski definition) is 8. The summed E-state index contributed by atoms with van der Waals surface area (Å²) in [5.74, 6) is -2.96. The molecule has 0 aliphatic carbocycles. The Kier molecular flexibility index (Phi) is 6.43. The standard InChI is InChI=1S/C13H19BN2O7/c1-13(2,3)22-11(20)6-8(15-14-7-17)12(21)23-16-9(18)4-5-10(16)19/h7-8,14-15H,4-6H2,1-3H3/t8-/m0/s1. The van der Waals surface area contributed by atoms with Gasteiger partial charge in [-0.05, 0) is 20.8 Å². The lowest BCUT2D eigenvalue weighted by Crippen LogP contribution is -2.46. The second-order valence-electron chi connectivity index (χ2n) is 5.91. The first kappa shape index (κ1) is 18.8. The molecular formula is C13H19BN2O7. The van der Waals surface area contributed by atoms with E-state index in [0.29, 0.717) is 11.2 Å². The van der Waals surface area contributed by atoms with Crippen LogP contribution in [0.1, 0.15) is 40.0 Å². The molecule has 23 heavy (non-hydrogen) atoms. The molecule has 1 aliphatic heterocycles. The summed E-state index contributed by atoms with van der Waals surface area (Å²) >= 11 is 0. The fraction of sp³-hybridized carbons (Fsp3) is 0.615. The molecule has 1 fully saturated rings. The molecule has 1 saturated heterocycles. The molecule has 0 saturated carbocycles. The minimum absolute atomic E-state index is 0.0371. The Morgan fingerprint density at radius 3 is 2.35 bits per heavy atom. The maximum absolute atomic E-state index is 12.0. The number of carbonyl (C=O) groups is 5. The zero-order chi connectivity index (χ0) is 17.6. The summed E-state index contributed by atoms with van der Waals surface area (Å²) in [5.41, 5.74) is -0.739. The molecule has 0 spiro atoms. The van der Waals surface area contributed by atoms with Gasteiger partial charge in [-0.15, -0.1) is 5.06 Å². The molecule has 1 aliphatic rings. The third-order valence-electron chi connectivity index (χ3n) is 2.71. The fourth-order valence-corrected chi connectivity index (χ4v) is 1.79. The van der Waals surface area contributed by atoms with E-state index >= 15 is 0 Å². The first-order valence-electron chi connectivity index (χ1n) is 7.10. The van der Waals surface area contributed by atoms with Crippen LogP contribution < -0.4 is 5.23 Å². The average Bonchev–Trinajstić information content (AvgIpc) is 2.73. The van der Waals surface area contributed by atoms with Crippen molar-refractivity contribution in [1.82, 2.24) is 10.3 Å². The largest absolute Gasteiger partial charge is 0.460 e. The average molecular weight is 326 g/mol. The summed E-state index contributed by atoms with van der Waals surface area (Å²) in [6.45, 7) is 5.00. The molecule has 2 amide bonds. The van der Waals surface area contributed by atoms with E-state index in [1.165, 1.54) is 0 Å². The number of rotatable bonds is 7. The molecule has 0 aromatic carbocycles. The SMILES string of the molecule is CC(C)(C)OC(=O)C[C@H](NBC=O)C(=O)ON1C(=O)CCC1=O. The van der Waals surface area contributed by atoms with Gasteiger partial charge in [-0.1, -0.05) is 0 Å². The maximum atomic E-state index is 12.0. The van der Waals surface area contributed by atoms with Crippen molar-refractivity contribution in [2.24, 2.45) is 0 Å². The Morgan fingerprint density at radius 2 is 1.87 bits per heavy atom. The molecule has 0 bridgehead atoms. The van der Waals surface area contributed by atoms with Gasteiger partial charge in [0.05, 0.1) is 12.6 Å². The predicted molar refractivity (Wildman–Crippen MR) is 78.5 cm³/mol. The quantitative estimate of drug-likeness (QED) is 0.269. The van der Waals surface area contributed by atoms with E-state index in [1.54, 1.807) is 20.8 Å². The van der Waals surface area contributed by atoms with E-state index in [4.69, 9.17) is 9.57 Å². The Morgan fingerprint density at radius 1 is 1.30 bits per heavy atom. The fourth-order valence-electron chi connectivity index (χ4n) is 1.79. The third-order valence-corrected chi connectivity index (χ3v) is 2.71. The van der Waals surface area contributed by atoms with Crippen LogP contribution in [0, 0.1) is 0 Å². The number of imide groups is 1. The van der Waals surface area contributed by atoms with Crippen molar-refractivity contribution in [3.05, 3.63) is 0 Å². The van der Waals surface area contributed by atoms with Crippen LogP contribution in [-0.4, -0.2) is 54.1 Å². The summed E-state index contributed by atoms with van der Waals surface area (Å²) < 4.78 is 5.09. The zero-order valence-corrected chi connectivity index (χ0v) is 13.3. The lowest BCUT2D eigenvalue weighted by Gasteiger charge is -2.22. The minimum Gasteiger partial charge on any atom is -0.460 e. The van der Waals surface area contributed by atoms with Crippen LogP contribution in [0.2, 0.25) is 0 Å².